The zero-order valence-corrected chi connectivity index (χ0v) is 13.1. The second-order valence-electron chi connectivity index (χ2n) is 5.77. The average molecular weight is 357 g/mol. The van der Waals surface area contributed by atoms with Crippen LogP contribution in [0.1, 0.15) is 36.2 Å². The third-order valence-corrected chi connectivity index (χ3v) is 3.98. The van der Waals surface area contributed by atoms with E-state index in [1.165, 1.54) is 12.3 Å². The molecule has 1 aliphatic carbocycles. The summed E-state index contributed by atoms with van der Waals surface area (Å²) in [6.07, 6.45) is 5.32. The van der Waals surface area contributed by atoms with E-state index in [4.69, 9.17) is 4.74 Å². The van der Waals surface area contributed by atoms with Crippen LogP contribution in [0.2, 0.25) is 0 Å². The molecule has 3 rings (SSSR count). The topological polar surface area (TPSA) is 56.2 Å². The summed E-state index contributed by atoms with van der Waals surface area (Å²) in [7, 11) is 0. The molecule has 9 heteroatoms. The molecule has 0 aliphatic heterocycles. The molecule has 134 valence electrons. The molecule has 0 atom stereocenters. The van der Waals surface area contributed by atoms with Crippen LogP contribution < -0.4 is 10.1 Å². The lowest BCUT2D eigenvalue weighted by atomic mass is 10.2. The van der Waals surface area contributed by atoms with Gasteiger partial charge in [0.1, 0.15) is 5.69 Å². The largest absolute Gasteiger partial charge is 0.465 e. The fraction of sp³-hybridized carbons (Fsp3) is 0.375. The number of hydrogen-bond donors (Lipinski definition) is 1. The summed E-state index contributed by atoms with van der Waals surface area (Å²) >= 11 is 0. The van der Waals surface area contributed by atoms with Gasteiger partial charge in [0.25, 0.3) is 5.91 Å². The maximum absolute atomic E-state index is 13.5. The van der Waals surface area contributed by atoms with Crippen molar-refractivity contribution in [2.45, 2.75) is 38.5 Å². The number of carbonyl (C=O) groups excluding carboxylic acids is 1. The van der Waals surface area contributed by atoms with Gasteiger partial charge in [0.15, 0.2) is 24.1 Å². The Labute approximate surface area is 140 Å². The molecule has 2 aromatic rings. The van der Waals surface area contributed by atoms with Gasteiger partial charge in [-0.1, -0.05) is 12.8 Å². The number of rotatable bonds is 5. The molecule has 0 bridgehead atoms. The van der Waals surface area contributed by atoms with E-state index in [1.54, 1.807) is 0 Å². The van der Waals surface area contributed by atoms with Gasteiger partial charge in [0.05, 0.1) is 0 Å². The molecule has 1 aromatic heterocycles. The van der Waals surface area contributed by atoms with E-state index in [1.807, 2.05) is 0 Å². The summed E-state index contributed by atoms with van der Waals surface area (Å²) in [5.74, 6) is -7.93. The van der Waals surface area contributed by atoms with Crippen LogP contribution in [0.25, 0.3) is 0 Å². The highest BCUT2D eigenvalue weighted by Gasteiger charge is 2.22. The van der Waals surface area contributed by atoms with Gasteiger partial charge in [0.2, 0.25) is 11.6 Å². The SMILES string of the molecule is O=C(NC1CCCC1)c1ccn(COc2c(F)c(F)cc(F)c2F)n1. The molecule has 1 heterocycles. The van der Waals surface area contributed by atoms with Crippen LogP contribution >= 0.6 is 0 Å². The number of nitrogens with zero attached hydrogens (tertiary/aromatic N) is 2. The molecule has 1 amide bonds. The smallest absolute Gasteiger partial charge is 0.271 e. The van der Waals surface area contributed by atoms with Crippen molar-refractivity contribution in [2.75, 3.05) is 0 Å². The Morgan fingerprint density at radius 1 is 1.20 bits per heavy atom. The zero-order valence-electron chi connectivity index (χ0n) is 13.1. The summed E-state index contributed by atoms with van der Waals surface area (Å²) in [5, 5.41) is 6.76. The first-order valence-electron chi connectivity index (χ1n) is 7.76. The Bertz CT molecular complexity index is 762. The molecule has 0 saturated heterocycles. The Morgan fingerprint density at radius 2 is 1.84 bits per heavy atom. The van der Waals surface area contributed by atoms with Crippen molar-refractivity contribution in [3.63, 3.8) is 0 Å². The second-order valence-corrected chi connectivity index (χ2v) is 5.77. The van der Waals surface area contributed by atoms with Gasteiger partial charge in [-0.3, -0.25) is 4.79 Å². The molecule has 5 nitrogen and oxygen atoms in total. The molecule has 1 fully saturated rings. The van der Waals surface area contributed by atoms with Gasteiger partial charge in [-0.25, -0.2) is 13.5 Å². The van der Waals surface area contributed by atoms with E-state index < -0.39 is 35.7 Å². The Kier molecular flexibility index (Phi) is 4.91. The Morgan fingerprint density at radius 3 is 2.48 bits per heavy atom. The van der Waals surface area contributed by atoms with E-state index in [9.17, 15) is 22.4 Å². The van der Waals surface area contributed by atoms with Crippen LogP contribution in [-0.2, 0) is 6.73 Å². The lowest BCUT2D eigenvalue weighted by Crippen LogP contribution is -2.32. The second kappa shape index (κ2) is 7.12. The van der Waals surface area contributed by atoms with Crippen molar-refractivity contribution in [3.05, 3.63) is 47.3 Å². The minimum absolute atomic E-state index is 0.0941. The molecule has 1 saturated carbocycles. The summed E-state index contributed by atoms with van der Waals surface area (Å²) in [4.78, 5) is 12.0. The Balaban J connectivity index is 1.65. The summed E-state index contributed by atoms with van der Waals surface area (Å²) in [5.41, 5.74) is 0.113. The standard InChI is InChI=1S/C16H15F4N3O2/c17-10-7-11(18)14(20)15(13(10)19)25-8-23-6-5-12(22-23)16(24)21-9-3-1-2-4-9/h5-7,9H,1-4,8H2,(H,21,24). The van der Waals surface area contributed by atoms with Crippen molar-refractivity contribution in [1.29, 1.82) is 0 Å². The number of halogens is 4. The first-order valence-corrected chi connectivity index (χ1v) is 7.76. The average Bonchev–Trinajstić information content (AvgIpc) is 3.24. The number of ether oxygens (including phenoxy) is 1. The van der Waals surface area contributed by atoms with Crippen LogP contribution in [0.3, 0.4) is 0 Å². The normalized spacial score (nSPS) is 14.7. The van der Waals surface area contributed by atoms with Gasteiger partial charge in [0, 0.05) is 18.3 Å². The van der Waals surface area contributed by atoms with Crippen molar-refractivity contribution >= 4 is 5.91 Å². The number of amides is 1. The number of aromatic nitrogens is 2. The Hall–Kier alpha value is -2.58. The quantitative estimate of drug-likeness (QED) is 0.661. The van der Waals surface area contributed by atoms with E-state index in [2.05, 4.69) is 10.4 Å². The van der Waals surface area contributed by atoms with E-state index in [-0.39, 0.29) is 23.7 Å². The number of nitrogens with one attached hydrogen (secondary N) is 1. The maximum atomic E-state index is 13.5. The number of carbonyl (C=O) groups is 1. The van der Waals surface area contributed by atoms with Crippen molar-refractivity contribution in [1.82, 2.24) is 15.1 Å². The highest BCUT2D eigenvalue weighted by atomic mass is 19.2. The molecule has 0 radical (unpaired) electrons. The number of hydrogen-bond acceptors (Lipinski definition) is 3. The number of benzene rings is 1. The third-order valence-electron chi connectivity index (χ3n) is 3.98. The van der Waals surface area contributed by atoms with Crippen LogP contribution in [0, 0.1) is 23.3 Å². The van der Waals surface area contributed by atoms with Crippen LogP contribution in [0.5, 0.6) is 5.75 Å². The van der Waals surface area contributed by atoms with Gasteiger partial charge < -0.3 is 10.1 Å². The van der Waals surface area contributed by atoms with Crippen molar-refractivity contribution < 1.29 is 27.1 Å². The molecular formula is C16H15F4N3O2. The lowest BCUT2D eigenvalue weighted by molar-refractivity contribution is 0.0930. The van der Waals surface area contributed by atoms with E-state index >= 15 is 0 Å². The summed E-state index contributed by atoms with van der Waals surface area (Å²) in [6, 6.07) is 1.62. The molecule has 0 spiro atoms. The van der Waals surface area contributed by atoms with Gasteiger partial charge in [-0.05, 0) is 18.9 Å². The highest BCUT2D eigenvalue weighted by Crippen LogP contribution is 2.26. The molecule has 1 aromatic carbocycles. The minimum atomic E-state index is -1.63. The molecule has 25 heavy (non-hydrogen) atoms. The molecule has 0 unspecified atom stereocenters. The van der Waals surface area contributed by atoms with Crippen LogP contribution in [-0.4, -0.2) is 21.7 Å². The van der Waals surface area contributed by atoms with Gasteiger partial charge in [-0.2, -0.15) is 13.9 Å². The zero-order chi connectivity index (χ0) is 18.0. The highest BCUT2D eigenvalue weighted by molar-refractivity contribution is 5.92. The minimum Gasteiger partial charge on any atom is -0.465 e. The van der Waals surface area contributed by atoms with Crippen molar-refractivity contribution in [2.24, 2.45) is 0 Å². The lowest BCUT2D eigenvalue weighted by Gasteiger charge is -2.10. The van der Waals surface area contributed by atoms with E-state index in [0.29, 0.717) is 0 Å². The third kappa shape index (κ3) is 3.75. The predicted molar refractivity (Wildman–Crippen MR) is 78.9 cm³/mol. The molecular weight excluding hydrogens is 342 g/mol. The van der Waals surface area contributed by atoms with Crippen molar-refractivity contribution in [3.8, 4) is 5.75 Å². The fourth-order valence-electron chi connectivity index (χ4n) is 2.69. The first kappa shape index (κ1) is 17.2. The van der Waals surface area contributed by atoms with Gasteiger partial charge >= 0.3 is 0 Å². The van der Waals surface area contributed by atoms with E-state index in [0.717, 1.165) is 30.4 Å². The summed E-state index contributed by atoms with van der Waals surface area (Å²) in [6.45, 7) is -0.520. The van der Waals surface area contributed by atoms with Crippen LogP contribution in [0.15, 0.2) is 18.3 Å². The fourth-order valence-corrected chi connectivity index (χ4v) is 2.69. The predicted octanol–water partition coefficient (Wildman–Crippen LogP) is 3.15. The molecule has 1 aliphatic rings. The van der Waals surface area contributed by atoms with Gasteiger partial charge in [-0.15, -0.1) is 0 Å². The van der Waals surface area contributed by atoms with Crippen LogP contribution in [0.4, 0.5) is 17.6 Å². The first-order chi connectivity index (χ1) is 12.0. The summed E-state index contributed by atoms with van der Waals surface area (Å²) < 4.78 is 59.1. The maximum Gasteiger partial charge on any atom is 0.271 e. The monoisotopic (exact) mass is 357 g/mol. The molecule has 1 N–H and O–H groups in total.